The van der Waals surface area contributed by atoms with Gasteiger partial charge in [-0.3, -0.25) is 10.1 Å². The fraction of sp³-hybridized carbons (Fsp3) is 0.118. The van der Waals surface area contributed by atoms with Gasteiger partial charge in [-0.25, -0.2) is 4.79 Å². The molecule has 0 atom stereocenters. The van der Waals surface area contributed by atoms with Gasteiger partial charge in [0.2, 0.25) is 0 Å². The Kier molecular flexibility index (Phi) is 3.80. The number of esters is 1. The summed E-state index contributed by atoms with van der Waals surface area (Å²) >= 11 is 0. The molecule has 6 heteroatoms. The van der Waals surface area contributed by atoms with Gasteiger partial charge in [-0.1, -0.05) is 18.2 Å². The highest BCUT2D eigenvalue weighted by atomic mass is 16.6. The second kappa shape index (κ2) is 5.92. The zero-order valence-corrected chi connectivity index (χ0v) is 12.3. The number of carbonyl (C=O) groups is 1. The van der Waals surface area contributed by atoms with Crippen LogP contribution in [-0.4, -0.2) is 17.5 Å². The molecular formula is C17H13NO5. The Balaban J connectivity index is 1.79. The highest BCUT2D eigenvalue weighted by molar-refractivity contribution is 5.96. The molecule has 2 aromatic carbocycles. The van der Waals surface area contributed by atoms with E-state index in [4.69, 9.17) is 9.47 Å². The van der Waals surface area contributed by atoms with Gasteiger partial charge < -0.3 is 9.47 Å². The van der Waals surface area contributed by atoms with E-state index in [1.807, 2.05) is 24.3 Å². The minimum Gasteiger partial charge on any atom is -0.488 e. The largest absolute Gasteiger partial charge is 0.488 e. The molecule has 0 unspecified atom stereocenters. The number of ether oxygens (including phenoxy) is 2. The van der Waals surface area contributed by atoms with E-state index in [1.54, 1.807) is 13.0 Å². The van der Waals surface area contributed by atoms with E-state index in [-0.39, 0.29) is 18.0 Å². The Hall–Kier alpha value is -3.15. The summed E-state index contributed by atoms with van der Waals surface area (Å²) < 4.78 is 10.8. The average Bonchev–Trinajstić information content (AvgIpc) is 2.54. The highest BCUT2D eigenvalue weighted by Crippen LogP contribution is 2.27. The third kappa shape index (κ3) is 3.06. The summed E-state index contributed by atoms with van der Waals surface area (Å²) in [6, 6.07) is 11.6. The van der Waals surface area contributed by atoms with Crippen molar-refractivity contribution in [2.75, 3.05) is 6.61 Å². The van der Waals surface area contributed by atoms with Crippen LogP contribution in [0.2, 0.25) is 0 Å². The predicted molar refractivity (Wildman–Crippen MR) is 83.4 cm³/mol. The first-order chi connectivity index (χ1) is 11.0. The zero-order chi connectivity index (χ0) is 16.4. The molecule has 0 bridgehead atoms. The van der Waals surface area contributed by atoms with E-state index >= 15 is 0 Å². The van der Waals surface area contributed by atoms with E-state index in [1.165, 1.54) is 18.2 Å². The summed E-state index contributed by atoms with van der Waals surface area (Å²) in [7, 11) is 0. The van der Waals surface area contributed by atoms with Gasteiger partial charge in [0.15, 0.2) is 0 Å². The summed E-state index contributed by atoms with van der Waals surface area (Å²) in [5, 5.41) is 10.8. The lowest BCUT2D eigenvalue weighted by atomic mass is 10.1. The Labute approximate surface area is 132 Å². The molecular weight excluding hydrogens is 298 g/mol. The number of nitrogens with zero attached hydrogens (tertiary/aromatic N) is 1. The minimum absolute atomic E-state index is 0.0149. The van der Waals surface area contributed by atoms with E-state index in [0.717, 1.165) is 11.3 Å². The number of nitro benzene ring substituents is 1. The second-order valence-electron chi connectivity index (χ2n) is 5.09. The number of para-hydroxylation sites is 1. The molecule has 0 saturated heterocycles. The normalized spacial score (nSPS) is 12.7. The van der Waals surface area contributed by atoms with E-state index < -0.39 is 10.9 Å². The number of carbonyl (C=O) groups excluding carboxylic acids is 1. The van der Waals surface area contributed by atoms with Crippen molar-refractivity contribution in [3.63, 3.8) is 0 Å². The van der Waals surface area contributed by atoms with Crippen LogP contribution in [-0.2, 0) is 4.79 Å². The van der Waals surface area contributed by atoms with Gasteiger partial charge >= 0.3 is 5.97 Å². The highest BCUT2D eigenvalue weighted by Gasteiger charge is 2.19. The Morgan fingerprint density at radius 2 is 2.04 bits per heavy atom. The van der Waals surface area contributed by atoms with Crippen LogP contribution in [0.3, 0.4) is 0 Å². The molecule has 0 spiro atoms. The Bertz CT molecular complexity index is 825. The number of hydrogen-bond acceptors (Lipinski definition) is 5. The molecule has 0 fully saturated rings. The molecule has 1 aliphatic heterocycles. The second-order valence-corrected chi connectivity index (χ2v) is 5.09. The maximum Gasteiger partial charge on any atom is 0.342 e. The van der Waals surface area contributed by atoms with Crippen molar-refractivity contribution in [1.29, 1.82) is 0 Å². The number of fused-ring (bicyclic) bond motifs is 1. The predicted octanol–water partition coefficient (Wildman–Crippen LogP) is 3.28. The summed E-state index contributed by atoms with van der Waals surface area (Å²) in [5.41, 5.74) is 1.61. The third-order valence-corrected chi connectivity index (χ3v) is 3.47. The molecule has 3 rings (SSSR count). The number of rotatable bonds is 3. The molecule has 0 aromatic heterocycles. The average molecular weight is 311 g/mol. The Morgan fingerprint density at radius 3 is 2.78 bits per heavy atom. The van der Waals surface area contributed by atoms with Crippen molar-refractivity contribution in [2.45, 2.75) is 6.92 Å². The molecule has 116 valence electrons. The molecule has 2 aromatic rings. The fourth-order valence-electron chi connectivity index (χ4n) is 2.30. The monoisotopic (exact) mass is 311 g/mol. The van der Waals surface area contributed by atoms with E-state index in [0.29, 0.717) is 11.1 Å². The summed E-state index contributed by atoms with van der Waals surface area (Å²) in [5.74, 6) is 0.445. The summed E-state index contributed by atoms with van der Waals surface area (Å²) in [6.07, 6.45) is 1.72. The van der Waals surface area contributed by atoms with Crippen molar-refractivity contribution in [2.24, 2.45) is 0 Å². The first-order valence-electron chi connectivity index (χ1n) is 6.94. The molecule has 0 amide bonds. The number of hydrogen-bond donors (Lipinski definition) is 0. The molecule has 0 N–H and O–H groups in total. The molecule has 23 heavy (non-hydrogen) atoms. The molecule has 0 aliphatic carbocycles. The van der Waals surface area contributed by atoms with Gasteiger partial charge in [-0.2, -0.15) is 0 Å². The molecule has 1 aliphatic rings. The minimum atomic E-state index is -0.534. The van der Waals surface area contributed by atoms with Crippen molar-refractivity contribution >= 4 is 17.7 Å². The van der Waals surface area contributed by atoms with Crippen molar-refractivity contribution in [1.82, 2.24) is 0 Å². The molecule has 0 radical (unpaired) electrons. The van der Waals surface area contributed by atoms with Crippen molar-refractivity contribution in [3.8, 4) is 11.5 Å². The van der Waals surface area contributed by atoms with Crippen LogP contribution >= 0.6 is 0 Å². The lowest BCUT2D eigenvalue weighted by molar-refractivity contribution is -0.385. The molecule has 1 heterocycles. The summed E-state index contributed by atoms with van der Waals surface area (Å²) in [4.78, 5) is 22.5. The third-order valence-electron chi connectivity index (χ3n) is 3.47. The van der Waals surface area contributed by atoms with Crippen LogP contribution in [0.25, 0.3) is 6.08 Å². The zero-order valence-electron chi connectivity index (χ0n) is 12.3. The van der Waals surface area contributed by atoms with Crippen LogP contribution in [0.15, 0.2) is 48.0 Å². The Morgan fingerprint density at radius 1 is 1.26 bits per heavy atom. The standard InChI is InChI=1S/C17H13NO5/c1-11-8-14(6-7-15(11)18(20)21)23-17(19)13-9-12-4-2-3-5-16(12)22-10-13/h2-9H,10H2,1H3. The van der Waals surface area contributed by atoms with Crippen molar-refractivity contribution < 1.29 is 19.2 Å². The van der Waals surface area contributed by atoms with E-state index in [2.05, 4.69) is 0 Å². The van der Waals surface area contributed by atoms with Gasteiger partial charge in [-0.15, -0.1) is 0 Å². The fourth-order valence-corrected chi connectivity index (χ4v) is 2.30. The van der Waals surface area contributed by atoms with Gasteiger partial charge in [0.1, 0.15) is 18.1 Å². The van der Waals surface area contributed by atoms with Crippen LogP contribution < -0.4 is 9.47 Å². The van der Waals surface area contributed by atoms with Crippen molar-refractivity contribution in [3.05, 3.63) is 69.3 Å². The van der Waals surface area contributed by atoms with Gasteiger partial charge in [-0.05, 0) is 31.2 Å². The van der Waals surface area contributed by atoms with Gasteiger partial charge in [0, 0.05) is 17.2 Å². The maximum atomic E-state index is 12.2. The first kappa shape index (κ1) is 14.8. The lowest BCUT2D eigenvalue weighted by Crippen LogP contribution is -2.19. The topological polar surface area (TPSA) is 78.7 Å². The maximum absolute atomic E-state index is 12.2. The summed E-state index contributed by atoms with van der Waals surface area (Å²) in [6.45, 7) is 1.72. The molecule has 6 nitrogen and oxygen atoms in total. The number of aryl methyl sites for hydroxylation is 1. The van der Waals surface area contributed by atoms with E-state index in [9.17, 15) is 14.9 Å². The number of benzene rings is 2. The SMILES string of the molecule is Cc1cc(OC(=O)C2=Cc3ccccc3OC2)ccc1[N+](=O)[O-]. The smallest absolute Gasteiger partial charge is 0.342 e. The van der Waals surface area contributed by atoms with Crippen LogP contribution in [0, 0.1) is 17.0 Å². The molecule has 0 saturated carbocycles. The van der Waals surface area contributed by atoms with Crippen LogP contribution in [0.1, 0.15) is 11.1 Å². The van der Waals surface area contributed by atoms with Gasteiger partial charge in [0.25, 0.3) is 5.69 Å². The number of nitro groups is 1. The van der Waals surface area contributed by atoms with Gasteiger partial charge in [0.05, 0.1) is 10.5 Å². The lowest BCUT2D eigenvalue weighted by Gasteiger charge is -2.16. The quantitative estimate of drug-likeness (QED) is 0.376. The first-order valence-corrected chi connectivity index (χ1v) is 6.94. The van der Waals surface area contributed by atoms with Crippen LogP contribution in [0.4, 0.5) is 5.69 Å². The van der Waals surface area contributed by atoms with Crippen LogP contribution in [0.5, 0.6) is 11.5 Å².